The zero-order valence-corrected chi connectivity index (χ0v) is 9.73. The van der Waals surface area contributed by atoms with Crippen LogP contribution in [0, 0.1) is 0 Å². The molecule has 1 aliphatic heterocycles. The van der Waals surface area contributed by atoms with Crippen LogP contribution in [0.2, 0.25) is 0 Å². The number of carbonyl (C=O) groups excluding carboxylic acids is 2. The molecule has 5 nitrogen and oxygen atoms in total. The standard InChI is InChI=1S/C6H6Br2N2O3/c1-9-6(12)10-4-2(7)3(8)5(11)13-4/h4H,1H3,(H2,9,10,12). The molecule has 0 saturated carbocycles. The first-order chi connectivity index (χ1) is 6.06. The van der Waals surface area contributed by atoms with E-state index < -0.39 is 18.2 Å². The topological polar surface area (TPSA) is 67.4 Å². The van der Waals surface area contributed by atoms with Crippen molar-refractivity contribution < 1.29 is 14.3 Å². The van der Waals surface area contributed by atoms with Crippen LogP contribution in [0.15, 0.2) is 8.96 Å². The van der Waals surface area contributed by atoms with E-state index in [1.807, 2.05) is 0 Å². The van der Waals surface area contributed by atoms with Gasteiger partial charge in [-0.2, -0.15) is 0 Å². The summed E-state index contributed by atoms with van der Waals surface area (Å²) in [6.07, 6.45) is -0.748. The minimum absolute atomic E-state index is 0.286. The first-order valence-electron chi connectivity index (χ1n) is 3.30. The van der Waals surface area contributed by atoms with Gasteiger partial charge in [0, 0.05) is 7.05 Å². The molecule has 2 amide bonds. The number of esters is 1. The number of hydrogen-bond acceptors (Lipinski definition) is 3. The second-order valence-corrected chi connectivity index (χ2v) is 3.82. The van der Waals surface area contributed by atoms with Crippen molar-refractivity contribution >= 4 is 43.9 Å². The Bertz CT molecular complexity index is 290. The lowest BCUT2D eigenvalue weighted by molar-refractivity contribution is -0.139. The summed E-state index contributed by atoms with van der Waals surface area (Å²) in [6, 6.07) is -0.419. The van der Waals surface area contributed by atoms with E-state index in [1.165, 1.54) is 7.05 Å². The Morgan fingerprint density at radius 3 is 2.54 bits per heavy atom. The molecule has 1 rings (SSSR count). The van der Waals surface area contributed by atoms with Crippen molar-refractivity contribution in [3.05, 3.63) is 8.96 Å². The Morgan fingerprint density at radius 1 is 1.54 bits per heavy atom. The third kappa shape index (κ3) is 2.22. The predicted molar refractivity (Wildman–Crippen MR) is 52.4 cm³/mol. The molecular formula is C6H6Br2N2O3. The smallest absolute Gasteiger partial charge is 0.348 e. The molecule has 0 radical (unpaired) electrons. The summed E-state index contributed by atoms with van der Waals surface area (Å²) in [6.45, 7) is 0. The highest BCUT2D eigenvalue weighted by Crippen LogP contribution is 2.29. The quantitative estimate of drug-likeness (QED) is 0.704. The molecule has 1 unspecified atom stereocenters. The van der Waals surface area contributed by atoms with Crippen LogP contribution in [0.1, 0.15) is 0 Å². The summed E-state index contributed by atoms with van der Waals surface area (Å²) in [5.74, 6) is -0.506. The van der Waals surface area contributed by atoms with Crippen molar-refractivity contribution in [3.8, 4) is 0 Å². The lowest BCUT2D eigenvalue weighted by atomic mass is 10.5. The van der Waals surface area contributed by atoms with Gasteiger partial charge >= 0.3 is 12.0 Å². The number of urea groups is 1. The normalized spacial score (nSPS) is 21.5. The van der Waals surface area contributed by atoms with Crippen molar-refractivity contribution in [2.45, 2.75) is 6.23 Å². The number of halogens is 2. The molecule has 1 atom stereocenters. The Balaban J connectivity index is 2.66. The fraction of sp³-hybridized carbons (Fsp3) is 0.333. The third-order valence-corrected chi connectivity index (χ3v) is 3.43. The Hall–Kier alpha value is -0.560. The highest BCUT2D eigenvalue weighted by molar-refractivity contribution is 9.14. The highest BCUT2D eigenvalue weighted by Gasteiger charge is 2.32. The lowest BCUT2D eigenvalue weighted by Gasteiger charge is -2.11. The maximum absolute atomic E-state index is 10.9. The zero-order valence-electron chi connectivity index (χ0n) is 6.56. The van der Waals surface area contributed by atoms with Crippen LogP contribution in [0.5, 0.6) is 0 Å². The largest absolute Gasteiger partial charge is 0.433 e. The molecule has 0 fully saturated rings. The number of carbonyl (C=O) groups is 2. The molecule has 0 aliphatic carbocycles. The number of cyclic esters (lactones) is 1. The fourth-order valence-corrected chi connectivity index (χ4v) is 1.38. The predicted octanol–water partition coefficient (Wildman–Crippen LogP) is 0.800. The van der Waals surface area contributed by atoms with Crippen molar-refractivity contribution in [1.29, 1.82) is 0 Å². The second-order valence-electron chi connectivity index (χ2n) is 2.17. The number of amides is 2. The Morgan fingerprint density at radius 2 is 2.15 bits per heavy atom. The maximum atomic E-state index is 10.9. The molecule has 0 spiro atoms. The van der Waals surface area contributed by atoms with Crippen LogP contribution in [-0.4, -0.2) is 25.3 Å². The fourth-order valence-electron chi connectivity index (χ4n) is 0.707. The minimum atomic E-state index is -0.748. The summed E-state index contributed by atoms with van der Waals surface area (Å²) in [7, 11) is 1.47. The van der Waals surface area contributed by atoms with Crippen molar-refractivity contribution in [3.63, 3.8) is 0 Å². The average molecular weight is 314 g/mol. The van der Waals surface area contributed by atoms with E-state index in [9.17, 15) is 9.59 Å². The molecule has 72 valence electrons. The van der Waals surface area contributed by atoms with Gasteiger partial charge in [-0.3, -0.25) is 5.32 Å². The van der Waals surface area contributed by atoms with Gasteiger partial charge < -0.3 is 10.1 Å². The third-order valence-electron chi connectivity index (χ3n) is 1.33. The van der Waals surface area contributed by atoms with Gasteiger partial charge in [0.05, 0.1) is 4.48 Å². The van der Waals surface area contributed by atoms with Crippen LogP contribution < -0.4 is 10.6 Å². The van der Waals surface area contributed by atoms with Crippen molar-refractivity contribution in [1.82, 2.24) is 10.6 Å². The molecule has 0 aromatic heterocycles. The van der Waals surface area contributed by atoms with Gasteiger partial charge in [-0.25, -0.2) is 9.59 Å². The molecule has 0 aromatic carbocycles. The monoisotopic (exact) mass is 312 g/mol. The van der Waals surface area contributed by atoms with Crippen molar-refractivity contribution in [2.24, 2.45) is 0 Å². The van der Waals surface area contributed by atoms with E-state index in [-0.39, 0.29) is 4.48 Å². The molecule has 1 heterocycles. The summed E-state index contributed by atoms with van der Waals surface area (Å²) in [5, 5.41) is 4.75. The SMILES string of the molecule is CNC(=O)NC1OC(=O)C(Br)=C1Br. The van der Waals surface area contributed by atoms with E-state index in [0.717, 1.165) is 0 Å². The van der Waals surface area contributed by atoms with Gasteiger partial charge in [0.15, 0.2) is 0 Å². The zero-order chi connectivity index (χ0) is 10.0. The lowest BCUT2D eigenvalue weighted by Crippen LogP contribution is -2.41. The second kappa shape index (κ2) is 4.10. The molecule has 7 heteroatoms. The van der Waals surface area contributed by atoms with Crippen LogP contribution in [0.4, 0.5) is 4.79 Å². The molecule has 0 aromatic rings. The average Bonchev–Trinajstić information content (AvgIpc) is 2.34. The van der Waals surface area contributed by atoms with Gasteiger partial charge in [0.2, 0.25) is 6.23 Å². The highest BCUT2D eigenvalue weighted by atomic mass is 79.9. The van der Waals surface area contributed by atoms with E-state index in [1.54, 1.807) is 0 Å². The first-order valence-corrected chi connectivity index (χ1v) is 4.89. The van der Waals surface area contributed by atoms with Crippen LogP contribution >= 0.6 is 31.9 Å². The van der Waals surface area contributed by atoms with Gasteiger partial charge in [0.1, 0.15) is 4.48 Å². The maximum Gasteiger partial charge on any atom is 0.348 e. The van der Waals surface area contributed by atoms with Gasteiger partial charge in [-0.05, 0) is 31.9 Å². The molecule has 0 bridgehead atoms. The molecule has 1 aliphatic rings. The van der Waals surface area contributed by atoms with Crippen LogP contribution in [0.3, 0.4) is 0 Å². The van der Waals surface area contributed by atoms with E-state index in [2.05, 4.69) is 42.5 Å². The van der Waals surface area contributed by atoms with E-state index >= 15 is 0 Å². The Kier molecular flexibility index (Phi) is 3.32. The van der Waals surface area contributed by atoms with Gasteiger partial charge in [-0.1, -0.05) is 0 Å². The first kappa shape index (κ1) is 10.5. The van der Waals surface area contributed by atoms with Crippen LogP contribution in [0.25, 0.3) is 0 Å². The van der Waals surface area contributed by atoms with Gasteiger partial charge in [0.25, 0.3) is 0 Å². The number of ether oxygens (including phenoxy) is 1. The summed E-state index contributed by atoms with van der Waals surface area (Å²) in [4.78, 5) is 21.8. The van der Waals surface area contributed by atoms with E-state index in [4.69, 9.17) is 4.74 Å². The number of hydrogen-bond donors (Lipinski definition) is 2. The molecule has 13 heavy (non-hydrogen) atoms. The number of nitrogens with one attached hydrogen (secondary N) is 2. The molecular weight excluding hydrogens is 308 g/mol. The summed E-state index contributed by atoms with van der Waals surface area (Å²) >= 11 is 6.12. The molecule has 0 saturated heterocycles. The van der Waals surface area contributed by atoms with Crippen molar-refractivity contribution in [2.75, 3.05) is 7.05 Å². The molecule has 2 N–H and O–H groups in total. The minimum Gasteiger partial charge on any atom is -0.433 e. The van der Waals surface area contributed by atoms with E-state index in [0.29, 0.717) is 4.48 Å². The Labute approximate surface area is 91.1 Å². The number of rotatable bonds is 1. The van der Waals surface area contributed by atoms with Crippen LogP contribution in [-0.2, 0) is 9.53 Å². The van der Waals surface area contributed by atoms with Gasteiger partial charge in [-0.15, -0.1) is 0 Å². The summed E-state index contributed by atoms with van der Waals surface area (Å²) < 4.78 is 5.54. The summed E-state index contributed by atoms with van der Waals surface area (Å²) in [5.41, 5.74) is 0.